The Hall–Kier alpha value is -3.56. The van der Waals surface area contributed by atoms with Crippen LogP contribution >= 0.6 is 0 Å². The predicted molar refractivity (Wildman–Crippen MR) is 109 cm³/mol. The first-order chi connectivity index (χ1) is 14.3. The van der Waals surface area contributed by atoms with Crippen molar-refractivity contribution >= 4 is 23.4 Å². The number of halogens is 1. The summed E-state index contributed by atoms with van der Waals surface area (Å²) in [6, 6.07) is 7.59. The smallest absolute Gasteiger partial charge is 0.414 e. The maximum atomic E-state index is 13.9. The van der Waals surface area contributed by atoms with Crippen LogP contribution in [0.15, 0.2) is 36.5 Å². The second-order valence-electron chi connectivity index (χ2n) is 6.43. The Labute approximate surface area is 173 Å². The van der Waals surface area contributed by atoms with Crippen molar-refractivity contribution in [1.29, 1.82) is 0 Å². The van der Waals surface area contributed by atoms with E-state index in [1.807, 2.05) is 6.92 Å². The molecule has 3 rings (SSSR count). The number of hydrogen-bond donors (Lipinski definition) is 3. The number of nitrogens with two attached hydrogens (primary N) is 1. The molecule has 10 heteroatoms. The SMILES string of the molecule is CCCOc1ccc(N2C[C@H](CNC(C)=O)OC2=O)cc1F.Nc1cccnc1O. The molecule has 0 unspecified atom stereocenters. The third kappa shape index (κ3) is 6.50. The van der Waals surface area contributed by atoms with Crippen LogP contribution in [0.3, 0.4) is 0 Å². The molecule has 2 heterocycles. The molecular weight excluding hydrogens is 395 g/mol. The summed E-state index contributed by atoms with van der Waals surface area (Å²) in [5.74, 6) is -0.664. The minimum Gasteiger partial charge on any atom is -0.492 e. The second kappa shape index (κ2) is 10.8. The molecule has 0 spiro atoms. The number of carbonyl (C=O) groups is 2. The normalized spacial score (nSPS) is 15.1. The number of anilines is 2. The predicted octanol–water partition coefficient (Wildman–Crippen LogP) is 2.45. The summed E-state index contributed by atoms with van der Waals surface area (Å²) in [6.45, 7) is 4.24. The lowest BCUT2D eigenvalue weighted by molar-refractivity contribution is -0.119. The molecule has 0 radical (unpaired) electrons. The molecule has 1 fully saturated rings. The van der Waals surface area contributed by atoms with Crippen molar-refractivity contribution in [1.82, 2.24) is 10.3 Å². The molecule has 1 aliphatic rings. The van der Waals surface area contributed by atoms with Crippen molar-refractivity contribution in [2.75, 3.05) is 30.3 Å². The fourth-order valence-corrected chi connectivity index (χ4v) is 2.49. The third-order valence-corrected chi connectivity index (χ3v) is 3.96. The van der Waals surface area contributed by atoms with Crippen LogP contribution in [0.1, 0.15) is 20.3 Å². The summed E-state index contributed by atoms with van der Waals surface area (Å²) in [6.07, 6.45) is 1.25. The Morgan fingerprint density at radius 3 is 2.80 bits per heavy atom. The van der Waals surface area contributed by atoms with E-state index in [9.17, 15) is 14.0 Å². The van der Waals surface area contributed by atoms with Crippen molar-refractivity contribution in [3.05, 3.63) is 42.3 Å². The van der Waals surface area contributed by atoms with E-state index in [1.165, 1.54) is 30.2 Å². The number of ether oxygens (including phenoxy) is 2. The minimum atomic E-state index is -0.558. The van der Waals surface area contributed by atoms with Crippen LogP contribution in [-0.4, -0.2) is 47.9 Å². The molecule has 2 amide bonds. The van der Waals surface area contributed by atoms with Crippen LogP contribution < -0.4 is 20.7 Å². The summed E-state index contributed by atoms with van der Waals surface area (Å²) in [5, 5.41) is 11.3. The molecule has 1 aromatic carbocycles. The molecule has 1 aliphatic heterocycles. The number of hydrogen-bond acceptors (Lipinski definition) is 7. The van der Waals surface area contributed by atoms with Crippen LogP contribution in [-0.2, 0) is 9.53 Å². The highest BCUT2D eigenvalue weighted by molar-refractivity contribution is 5.89. The van der Waals surface area contributed by atoms with E-state index >= 15 is 0 Å². The maximum absolute atomic E-state index is 13.9. The number of nitrogen functional groups attached to an aromatic ring is 1. The highest BCUT2D eigenvalue weighted by atomic mass is 19.1. The van der Waals surface area contributed by atoms with Crippen LogP contribution in [0, 0.1) is 5.82 Å². The molecule has 2 aromatic rings. The summed E-state index contributed by atoms with van der Waals surface area (Å²) < 4.78 is 24.3. The lowest BCUT2D eigenvalue weighted by Gasteiger charge is -2.14. The number of cyclic esters (lactones) is 1. The zero-order valence-corrected chi connectivity index (χ0v) is 16.8. The van der Waals surface area contributed by atoms with Gasteiger partial charge in [0.2, 0.25) is 11.8 Å². The van der Waals surface area contributed by atoms with E-state index in [0.29, 0.717) is 18.0 Å². The van der Waals surface area contributed by atoms with Gasteiger partial charge >= 0.3 is 6.09 Å². The van der Waals surface area contributed by atoms with Crippen molar-refractivity contribution in [2.24, 2.45) is 0 Å². The molecule has 1 atom stereocenters. The number of amides is 2. The van der Waals surface area contributed by atoms with Gasteiger partial charge in [-0.1, -0.05) is 6.92 Å². The van der Waals surface area contributed by atoms with Gasteiger partial charge in [-0.3, -0.25) is 9.69 Å². The molecule has 0 saturated carbocycles. The average molecular weight is 420 g/mol. The third-order valence-electron chi connectivity index (χ3n) is 3.96. The van der Waals surface area contributed by atoms with Crippen molar-refractivity contribution in [2.45, 2.75) is 26.4 Å². The van der Waals surface area contributed by atoms with Gasteiger partial charge in [-0.15, -0.1) is 0 Å². The summed E-state index contributed by atoms with van der Waals surface area (Å²) >= 11 is 0. The number of carbonyl (C=O) groups excluding carboxylic acids is 2. The van der Waals surface area contributed by atoms with Gasteiger partial charge in [0.05, 0.1) is 31.1 Å². The molecule has 9 nitrogen and oxygen atoms in total. The molecule has 1 aromatic heterocycles. The molecule has 1 saturated heterocycles. The Morgan fingerprint density at radius 1 is 1.47 bits per heavy atom. The number of nitrogens with zero attached hydrogens (tertiary/aromatic N) is 2. The van der Waals surface area contributed by atoms with E-state index < -0.39 is 18.0 Å². The molecular formula is C20H25FN4O5. The van der Waals surface area contributed by atoms with Gasteiger partial charge in [0.1, 0.15) is 6.10 Å². The van der Waals surface area contributed by atoms with Gasteiger partial charge < -0.3 is 25.6 Å². The van der Waals surface area contributed by atoms with Crippen molar-refractivity contribution < 1.29 is 28.6 Å². The van der Waals surface area contributed by atoms with Gasteiger partial charge in [0, 0.05) is 19.2 Å². The van der Waals surface area contributed by atoms with E-state index in [1.54, 1.807) is 18.2 Å². The summed E-state index contributed by atoms with van der Waals surface area (Å²) in [4.78, 5) is 27.6. The van der Waals surface area contributed by atoms with Crippen LogP contribution in [0.5, 0.6) is 11.6 Å². The van der Waals surface area contributed by atoms with Crippen LogP contribution in [0.25, 0.3) is 0 Å². The zero-order chi connectivity index (χ0) is 22.1. The number of aromatic hydroxyl groups is 1. The van der Waals surface area contributed by atoms with E-state index in [2.05, 4.69) is 10.3 Å². The molecule has 162 valence electrons. The first kappa shape index (κ1) is 22.7. The lowest BCUT2D eigenvalue weighted by Crippen LogP contribution is -2.33. The molecule has 4 N–H and O–H groups in total. The highest BCUT2D eigenvalue weighted by Gasteiger charge is 2.32. The first-order valence-electron chi connectivity index (χ1n) is 9.36. The van der Waals surface area contributed by atoms with Gasteiger partial charge in [-0.2, -0.15) is 0 Å². The van der Waals surface area contributed by atoms with Crippen molar-refractivity contribution in [3.63, 3.8) is 0 Å². The van der Waals surface area contributed by atoms with E-state index in [4.69, 9.17) is 20.3 Å². The fourth-order valence-electron chi connectivity index (χ4n) is 2.49. The lowest BCUT2D eigenvalue weighted by atomic mass is 10.2. The quantitative estimate of drug-likeness (QED) is 0.655. The number of nitrogens with one attached hydrogen (secondary N) is 1. The minimum absolute atomic E-state index is 0.104. The van der Waals surface area contributed by atoms with E-state index in [-0.39, 0.29) is 30.6 Å². The van der Waals surface area contributed by atoms with Gasteiger partial charge in [-0.05, 0) is 30.7 Å². The molecule has 0 bridgehead atoms. The Morgan fingerprint density at radius 2 is 2.23 bits per heavy atom. The molecule has 30 heavy (non-hydrogen) atoms. The number of benzene rings is 1. The maximum Gasteiger partial charge on any atom is 0.414 e. The van der Waals surface area contributed by atoms with Crippen LogP contribution in [0.4, 0.5) is 20.6 Å². The standard InChI is InChI=1S/C15H19FN2O4.C5H6N2O/c1-3-6-21-14-5-4-11(7-13(14)16)18-9-12(22-15(18)20)8-17-10(2)19;6-4-2-1-3-7-5(4)8/h4-5,7,12H,3,6,8-9H2,1-2H3,(H,17,19);1-3H,6H2,(H,7,8)/t12-;/m0./s1. The van der Waals surface area contributed by atoms with Gasteiger partial charge in [-0.25, -0.2) is 14.2 Å². The summed E-state index contributed by atoms with van der Waals surface area (Å²) in [5.41, 5.74) is 5.92. The monoisotopic (exact) mass is 420 g/mol. The Balaban J connectivity index is 0.000000335. The zero-order valence-electron chi connectivity index (χ0n) is 16.8. The van der Waals surface area contributed by atoms with E-state index in [0.717, 1.165) is 6.42 Å². The average Bonchev–Trinajstić information content (AvgIpc) is 3.09. The van der Waals surface area contributed by atoms with Crippen molar-refractivity contribution in [3.8, 4) is 11.6 Å². The first-order valence-corrected chi connectivity index (χ1v) is 9.36. The topological polar surface area (TPSA) is 127 Å². The Kier molecular flexibility index (Phi) is 8.21. The number of aromatic nitrogens is 1. The van der Waals surface area contributed by atoms with Gasteiger partial charge in [0.25, 0.3) is 0 Å². The summed E-state index contributed by atoms with van der Waals surface area (Å²) in [7, 11) is 0. The Bertz CT molecular complexity index is 859. The number of rotatable bonds is 6. The fraction of sp³-hybridized carbons (Fsp3) is 0.350. The second-order valence-corrected chi connectivity index (χ2v) is 6.43. The van der Waals surface area contributed by atoms with Crippen LogP contribution in [0.2, 0.25) is 0 Å². The largest absolute Gasteiger partial charge is 0.492 e. The number of pyridine rings is 1. The highest BCUT2D eigenvalue weighted by Crippen LogP contribution is 2.27. The molecule has 0 aliphatic carbocycles. The van der Waals surface area contributed by atoms with Gasteiger partial charge in [0.15, 0.2) is 11.6 Å².